The van der Waals surface area contributed by atoms with Crippen LogP contribution in [0.25, 0.3) is 33.6 Å². The van der Waals surface area contributed by atoms with Crippen molar-refractivity contribution in [3.8, 4) is 33.6 Å². The molecule has 1 aliphatic carbocycles. The molecule has 208 valence electrons. The first-order valence-corrected chi connectivity index (χ1v) is 14.0. The molecule has 9 nitrogen and oxygen atoms in total. The van der Waals surface area contributed by atoms with Crippen molar-refractivity contribution < 1.29 is 4.79 Å². The molecule has 2 saturated heterocycles. The van der Waals surface area contributed by atoms with Gasteiger partial charge in [0.05, 0.1) is 18.4 Å². The van der Waals surface area contributed by atoms with Crippen molar-refractivity contribution in [2.45, 2.75) is 50.2 Å². The molecular weight excluding hydrogens is 568 g/mol. The van der Waals surface area contributed by atoms with E-state index in [4.69, 9.17) is 0 Å². The molecule has 2 bridgehead atoms. The molecule has 0 spiro atoms. The predicted octanol–water partition coefficient (Wildman–Crippen LogP) is 4.63. The van der Waals surface area contributed by atoms with E-state index < -0.39 is 0 Å². The van der Waals surface area contributed by atoms with Crippen molar-refractivity contribution >= 4 is 22.9 Å². The number of nitrogens with zero attached hydrogens (tertiary/aromatic N) is 8. The molecule has 3 aliphatic rings. The molecule has 7 rings (SSSR count). The van der Waals surface area contributed by atoms with Gasteiger partial charge in [0.15, 0.2) is 5.82 Å². The highest BCUT2D eigenvalue weighted by atomic mass is 79.9. The molecule has 2 unspecified atom stereocenters. The molecule has 2 atom stereocenters. The van der Waals surface area contributed by atoms with E-state index in [0.717, 1.165) is 73.0 Å². The van der Waals surface area contributed by atoms with Gasteiger partial charge in [-0.15, -0.1) is 17.0 Å². The Morgan fingerprint density at radius 1 is 0.775 bits per heavy atom. The number of carbonyl (C=O) groups is 1. The van der Waals surface area contributed by atoms with Gasteiger partial charge in [-0.3, -0.25) is 19.1 Å². The molecule has 5 heterocycles. The second-order valence-corrected chi connectivity index (χ2v) is 11.5. The lowest BCUT2D eigenvalue weighted by molar-refractivity contribution is -0.139. The minimum absolute atomic E-state index is 0. The van der Waals surface area contributed by atoms with Crippen LogP contribution in [0.3, 0.4) is 0 Å². The fourth-order valence-electron chi connectivity index (χ4n) is 6.68. The van der Waals surface area contributed by atoms with E-state index in [1.54, 1.807) is 4.68 Å². The van der Waals surface area contributed by atoms with Gasteiger partial charge in [0.1, 0.15) is 0 Å². The zero-order valence-corrected chi connectivity index (χ0v) is 24.6. The van der Waals surface area contributed by atoms with Gasteiger partial charge in [-0.1, -0.05) is 18.2 Å². The Labute approximate surface area is 245 Å². The second kappa shape index (κ2) is 10.9. The molecule has 10 heteroatoms. The van der Waals surface area contributed by atoms with Crippen LogP contribution in [0, 0.1) is 5.92 Å². The summed E-state index contributed by atoms with van der Waals surface area (Å²) in [6, 6.07) is 9.54. The van der Waals surface area contributed by atoms with E-state index in [2.05, 4.69) is 60.0 Å². The number of carbonyl (C=O) groups excluding carboxylic acids is 1. The molecule has 4 aromatic rings. The summed E-state index contributed by atoms with van der Waals surface area (Å²) >= 11 is 0. The number of hydrogen-bond acceptors (Lipinski definition) is 6. The van der Waals surface area contributed by atoms with Crippen LogP contribution in [0.2, 0.25) is 0 Å². The van der Waals surface area contributed by atoms with Gasteiger partial charge >= 0.3 is 0 Å². The number of halogens is 1. The highest BCUT2D eigenvalue weighted by Gasteiger charge is 2.45. The van der Waals surface area contributed by atoms with E-state index in [9.17, 15) is 4.79 Å². The van der Waals surface area contributed by atoms with Crippen LogP contribution in [0.15, 0.2) is 61.4 Å². The summed E-state index contributed by atoms with van der Waals surface area (Å²) in [6.45, 7) is 1.95. The number of likely N-dealkylation sites (N-methyl/N-ethyl adjacent to an activating group) is 1. The number of amides is 1. The Hall–Kier alpha value is -3.37. The summed E-state index contributed by atoms with van der Waals surface area (Å²) in [5, 5.41) is 8.96. The Balaban J connectivity index is 0.00000289. The molecule has 0 N–H and O–H groups in total. The highest BCUT2D eigenvalue weighted by Crippen LogP contribution is 2.37. The van der Waals surface area contributed by atoms with Crippen molar-refractivity contribution in [1.82, 2.24) is 39.3 Å². The molecule has 3 fully saturated rings. The van der Waals surface area contributed by atoms with Gasteiger partial charge in [0, 0.05) is 85.2 Å². The average molecular weight is 604 g/mol. The highest BCUT2D eigenvalue weighted by molar-refractivity contribution is 8.93. The van der Waals surface area contributed by atoms with Crippen LogP contribution >= 0.6 is 17.0 Å². The zero-order chi connectivity index (χ0) is 26.5. The molecule has 1 saturated carbocycles. The van der Waals surface area contributed by atoms with Gasteiger partial charge < -0.3 is 4.90 Å². The van der Waals surface area contributed by atoms with Crippen molar-refractivity contribution in [3.63, 3.8) is 0 Å². The van der Waals surface area contributed by atoms with Gasteiger partial charge in [-0.2, -0.15) is 10.2 Å². The largest absolute Gasteiger partial charge is 0.337 e. The smallest absolute Gasteiger partial charge is 0.226 e. The van der Waals surface area contributed by atoms with Crippen LogP contribution in [0.4, 0.5) is 0 Å². The first-order chi connectivity index (χ1) is 19.0. The Kier molecular flexibility index (Phi) is 7.31. The quantitative estimate of drug-likeness (QED) is 0.331. The lowest BCUT2D eigenvalue weighted by atomic mass is 9.85. The Morgan fingerprint density at radius 3 is 2.17 bits per heavy atom. The number of rotatable bonds is 5. The van der Waals surface area contributed by atoms with Gasteiger partial charge in [0.2, 0.25) is 5.91 Å². The number of piperazine rings is 1. The number of aryl methyl sites for hydroxylation is 1. The third-order valence-electron chi connectivity index (χ3n) is 8.96. The number of benzene rings is 1. The topological polar surface area (TPSA) is 85.0 Å². The van der Waals surface area contributed by atoms with E-state index in [1.807, 2.05) is 50.2 Å². The number of likely N-dealkylation sites (tertiary alicyclic amines) is 2. The lowest BCUT2D eigenvalue weighted by Gasteiger charge is -2.36. The van der Waals surface area contributed by atoms with E-state index >= 15 is 0 Å². The summed E-state index contributed by atoms with van der Waals surface area (Å²) in [4.78, 5) is 27.1. The minimum Gasteiger partial charge on any atom is -0.337 e. The lowest BCUT2D eigenvalue weighted by Crippen LogP contribution is -2.49. The van der Waals surface area contributed by atoms with Crippen molar-refractivity contribution in [3.05, 3.63) is 61.4 Å². The number of hydrogen-bond donors (Lipinski definition) is 0. The molecule has 0 radical (unpaired) electrons. The van der Waals surface area contributed by atoms with Crippen LogP contribution in [0.1, 0.15) is 38.1 Å². The van der Waals surface area contributed by atoms with Crippen molar-refractivity contribution in [2.75, 3.05) is 20.1 Å². The summed E-state index contributed by atoms with van der Waals surface area (Å²) in [5.74, 6) is 1.25. The maximum Gasteiger partial charge on any atom is 0.226 e. The monoisotopic (exact) mass is 602 g/mol. The molecule has 3 aromatic heterocycles. The number of fused-ring (bicyclic) bond motifs is 2. The van der Waals surface area contributed by atoms with E-state index in [0.29, 0.717) is 29.9 Å². The van der Waals surface area contributed by atoms with Crippen molar-refractivity contribution in [2.24, 2.45) is 13.0 Å². The minimum atomic E-state index is 0. The fraction of sp³-hybridized carbons (Fsp3) is 0.433. The van der Waals surface area contributed by atoms with Crippen LogP contribution in [0.5, 0.6) is 0 Å². The first kappa shape index (κ1) is 26.8. The zero-order valence-electron chi connectivity index (χ0n) is 22.9. The molecule has 2 aliphatic heterocycles. The molecule has 1 amide bonds. The summed E-state index contributed by atoms with van der Waals surface area (Å²) in [7, 11) is 4.10. The predicted molar refractivity (Wildman–Crippen MR) is 159 cm³/mol. The normalized spacial score (nSPS) is 24.3. The summed E-state index contributed by atoms with van der Waals surface area (Å²) in [5.41, 5.74) is 5.09. The third kappa shape index (κ3) is 4.99. The standard InChI is InChI=1S/C30H34N8O.BrH/c1-35-18-28-11-27(35)19-37(28)30(39)20-6-8-26(9-7-20)38-17-25(15-34-38)23-12-31-29(32-13-23)22-5-3-4-21(10-22)24-14-33-36(2)16-24;/h3-5,10,12-17,20,26-28H,6-9,11,18-19H2,1-2H3;1H/t20-,26-,27?,28?;. The summed E-state index contributed by atoms with van der Waals surface area (Å²) < 4.78 is 3.88. The van der Waals surface area contributed by atoms with Gasteiger partial charge in [-0.05, 0) is 50.8 Å². The van der Waals surface area contributed by atoms with Crippen LogP contribution in [-0.2, 0) is 11.8 Å². The maximum absolute atomic E-state index is 13.2. The SMILES string of the molecule is Br.CN1CC2CC1CN2C(=O)[C@H]1CC[C@H](n2cc(-c3cnc(-c4cccc(-c5cnn(C)c5)c4)nc3)cn2)CC1. The van der Waals surface area contributed by atoms with Crippen LogP contribution < -0.4 is 0 Å². The van der Waals surface area contributed by atoms with Crippen LogP contribution in [-0.4, -0.2) is 77.5 Å². The van der Waals surface area contributed by atoms with E-state index in [-0.39, 0.29) is 22.9 Å². The second-order valence-electron chi connectivity index (χ2n) is 11.5. The van der Waals surface area contributed by atoms with Gasteiger partial charge in [-0.25, -0.2) is 9.97 Å². The van der Waals surface area contributed by atoms with Crippen molar-refractivity contribution in [1.29, 1.82) is 0 Å². The van der Waals surface area contributed by atoms with E-state index in [1.165, 1.54) is 0 Å². The maximum atomic E-state index is 13.2. The fourth-order valence-corrected chi connectivity index (χ4v) is 6.68. The Bertz CT molecular complexity index is 1490. The average Bonchev–Trinajstić information content (AvgIpc) is 3.78. The molecule has 40 heavy (non-hydrogen) atoms. The molecule has 1 aromatic carbocycles. The molecular formula is C30H35BrN8O. The number of aromatic nitrogens is 6. The summed E-state index contributed by atoms with van der Waals surface area (Å²) in [6.07, 6.45) is 16.6. The Morgan fingerprint density at radius 2 is 1.50 bits per heavy atom. The first-order valence-electron chi connectivity index (χ1n) is 14.0. The third-order valence-corrected chi connectivity index (χ3v) is 8.96. The van der Waals surface area contributed by atoms with Gasteiger partial charge in [0.25, 0.3) is 0 Å².